The Morgan fingerprint density at radius 1 is 1.29 bits per heavy atom. The lowest BCUT2D eigenvalue weighted by atomic mass is 10.2. The fourth-order valence-electron chi connectivity index (χ4n) is 1.24. The fraction of sp³-hybridized carbons (Fsp3) is 0.0909. The van der Waals surface area contributed by atoms with Crippen LogP contribution >= 0.6 is 22.9 Å². The molecule has 0 fully saturated rings. The molecule has 0 bridgehead atoms. The number of methoxy groups -OCH3 is 1. The Morgan fingerprint density at radius 3 is 2.59 bits per heavy atom. The minimum absolute atomic E-state index is 0.0106. The summed E-state index contributed by atoms with van der Waals surface area (Å²) in [6.07, 6.45) is 0. The van der Waals surface area contributed by atoms with Gasteiger partial charge in [0.15, 0.2) is 5.76 Å². The van der Waals surface area contributed by atoms with Crippen LogP contribution in [0.2, 0.25) is 5.02 Å². The van der Waals surface area contributed by atoms with Gasteiger partial charge in [-0.2, -0.15) is 0 Å². The smallest absolute Gasteiger partial charge is 0.373 e. The van der Waals surface area contributed by atoms with Gasteiger partial charge in [-0.15, -0.1) is 11.3 Å². The molecule has 0 saturated carbocycles. The molecule has 2 heterocycles. The maximum absolute atomic E-state index is 11.9. The molecule has 0 N–H and O–H groups in total. The Labute approximate surface area is 106 Å². The van der Waals surface area contributed by atoms with Crippen molar-refractivity contribution in [3.8, 4) is 0 Å². The third-order valence-electron chi connectivity index (χ3n) is 2.04. The van der Waals surface area contributed by atoms with Gasteiger partial charge in [-0.25, -0.2) is 4.79 Å². The molecule has 0 radical (unpaired) electrons. The zero-order valence-electron chi connectivity index (χ0n) is 8.73. The lowest BCUT2D eigenvalue weighted by Gasteiger charge is -1.95. The number of halogens is 1. The van der Waals surface area contributed by atoms with E-state index in [0.717, 1.165) is 0 Å². The fourth-order valence-corrected chi connectivity index (χ4v) is 2.32. The van der Waals surface area contributed by atoms with Crippen molar-refractivity contribution >= 4 is 34.7 Å². The highest BCUT2D eigenvalue weighted by Crippen LogP contribution is 2.25. The van der Waals surface area contributed by atoms with Crippen molar-refractivity contribution < 1.29 is 18.7 Å². The van der Waals surface area contributed by atoms with Crippen LogP contribution in [0.5, 0.6) is 0 Å². The van der Waals surface area contributed by atoms with Crippen molar-refractivity contribution in [3.63, 3.8) is 0 Å². The monoisotopic (exact) mass is 270 g/mol. The summed E-state index contributed by atoms with van der Waals surface area (Å²) in [5.41, 5.74) is 0. The van der Waals surface area contributed by atoms with E-state index in [-0.39, 0.29) is 17.3 Å². The van der Waals surface area contributed by atoms with Crippen LogP contribution in [0.3, 0.4) is 0 Å². The van der Waals surface area contributed by atoms with Gasteiger partial charge >= 0.3 is 5.97 Å². The van der Waals surface area contributed by atoms with E-state index in [1.807, 2.05) is 0 Å². The zero-order valence-corrected chi connectivity index (χ0v) is 10.3. The number of carbonyl (C=O) groups is 2. The van der Waals surface area contributed by atoms with Crippen LogP contribution in [0.4, 0.5) is 0 Å². The van der Waals surface area contributed by atoms with Crippen molar-refractivity contribution in [1.82, 2.24) is 0 Å². The van der Waals surface area contributed by atoms with Crippen LogP contribution in [0.1, 0.15) is 26.0 Å². The molecule has 0 aliphatic carbocycles. The summed E-state index contributed by atoms with van der Waals surface area (Å²) >= 11 is 7.06. The van der Waals surface area contributed by atoms with Gasteiger partial charge in [0.2, 0.25) is 11.5 Å². The average molecular weight is 271 g/mol. The van der Waals surface area contributed by atoms with Gasteiger partial charge in [-0.3, -0.25) is 4.79 Å². The normalized spacial score (nSPS) is 10.2. The molecule has 0 saturated heterocycles. The number of thiophene rings is 1. The minimum Gasteiger partial charge on any atom is -0.463 e. The molecule has 0 unspecified atom stereocenters. The highest BCUT2D eigenvalue weighted by molar-refractivity contribution is 7.13. The van der Waals surface area contributed by atoms with Crippen LogP contribution in [0.25, 0.3) is 0 Å². The minimum atomic E-state index is -0.624. The molecule has 4 nitrogen and oxygen atoms in total. The number of furan rings is 1. The first-order valence-corrected chi connectivity index (χ1v) is 5.85. The van der Waals surface area contributed by atoms with Gasteiger partial charge in [-0.05, 0) is 23.6 Å². The summed E-state index contributed by atoms with van der Waals surface area (Å²) in [5.74, 6) is -0.917. The predicted octanol–water partition coefficient (Wildman–Crippen LogP) is 3.01. The van der Waals surface area contributed by atoms with Crippen LogP contribution in [-0.4, -0.2) is 18.9 Å². The summed E-state index contributed by atoms with van der Waals surface area (Å²) < 4.78 is 9.58. The van der Waals surface area contributed by atoms with E-state index in [1.165, 1.54) is 30.6 Å². The Bertz CT molecular complexity index is 570. The Hall–Kier alpha value is -1.59. The van der Waals surface area contributed by atoms with Gasteiger partial charge in [0.05, 0.1) is 17.0 Å². The van der Waals surface area contributed by atoms with Crippen LogP contribution in [0, 0.1) is 0 Å². The predicted molar refractivity (Wildman–Crippen MR) is 62.8 cm³/mol. The van der Waals surface area contributed by atoms with E-state index in [9.17, 15) is 9.59 Å². The number of ketones is 1. The van der Waals surface area contributed by atoms with Crippen LogP contribution < -0.4 is 0 Å². The lowest BCUT2D eigenvalue weighted by molar-refractivity contribution is 0.0563. The average Bonchev–Trinajstić information content (AvgIpc) is 2.95. The van der Waals surface area contributed by atoms with E-state index in [2.05, 4.69) is 4.74 Å². The van der Waals surface area contributed by atoms with E-state index < -0.39 is 5.97 Å². The van der Waals surface area contributed by atoms with Crippen molar-refractivity contribution in [2.24, 2.45) is 0 Å². The Kier molecular flexibility index (Phi) is 3.31. The van der Waals surface area contributed by atoms with E-state index in [4.69, 9.17) is 16.0 Å². The zero-order chi connectivity index (χ0) is 12.4. The first kappa shape index (κ1) is 11.9. The van der Waals surface area contributed by atoms with Crippen molar-refractivity contribution in [2.75, 3.05) is 7.11 Å². The van der Waals surface area contributed by atoms with Crippen molar-refractivity contribution in [2.45, 2.75) is 0 Å². The molecular formula is C11H7ClO4S. The molecule has 0 atom stereocenters. The largest absolute Gasteiger partial charge is 0.463 e. The summed E-state index contributed by atoms with van der Waals surface area (Å²) in [6.45, 7) is 0. The maximum atomic E-state index is 11.9. The molecule has 0 aliphatic heterocycles. The van der Waals surface area contributed by atoms with E-state index in [1.54, 1.807) is 11.4 Å². The molecule has 0 aliphatic rings. The molecule has 6 heteroatoms. The van der Waals surface area contributed by atoms with Crippen LogP contribution in [-0.2, 0) is 4.74 Å². The molecule has 0 spiro atoms. The van der Waals surface area contributed by atoms with Crippen LogP contribution in [0.15, 0.2) is 28.0 Å². The van der Waals surface area contributed by atoms with Crippen molar-refractivity contribution in [3.05, 3.63) is 45.0 Å². The second-order valence-electron chi connectivity index (χ2n) is 3.08. The standard InChI is InChI=1S/C11H7ClO4S/c1-15-11(14)8-3-2-7(16-8)9(13)10-6(12)4-5-17-10/h2-5H,1H3. The summed E-state index contributed by atoms with van der Waals surface area (Å²) in [6, 6.07) is 4.44. The van der Waals surface area contributed by atoms with E-state index >= 15 is 0 Å². The van der Waals surface area contributed by atoms with Gasteiger partial charge in [0.1, 0.15) is 0 Å². The SMILES string of the molecule is COC(=O)c1ccc(C(=O)c2sccc2Cl)o1. The van der Waals surface area contributed by atoms with Gasteiger partial charge < -0.3 is 9.15 Å². The number of ether oxygens (including phenoxy) is 1. The van der Waals surface area contributed by atoms with Gasteiger partial charge in [-0.1, -0.05) is 11.6 Å². The maximum Gasteiger partial charge on any atom is 0.373 e. The summed E-state index contributed by atoms with van der Waals surface area (Å²) in [5, 5.41) is 2.08. The number of rotatable bonds is 3. The second-order valence-corrected chi connectivity index (χ2v) is 4.41. The van der Waals surface area contributed by atoms with E-state index in [0.29, 0.717) is 9.90 Å². The molecule has 17 heavy (non-hydrogen) atoms. The number of hydrogen-bond acceptors (Lipinski definition) is 5. The third kappa shape index (κ3) is 2.25. The molecule has 2 aromatic rings. The highest BCUT2D eigenvalue weighted by Gasteiger charge is 2.20. The number of esters is 1. The molecule has 88 valence electrons. The first-order chi connectivity index (χ1) is 8.13. The van der Waals surface area contributed by atoms with Crippen molar-refractivity contribution in [1.29, 1.82) is 0 Å². The summed E-state index contributed by atoms with van der Waals surface area (Å²) in [4.78, 5) is 23.5. The number of hydrogen-bond donors (Lipinski definition) is 0. The quantitative estimate of drug-likeness (QED) is 0.635. The molecule has 0 amide bonds. The molecule has 0 aromatic carbocycles. The third-order valence-corrected chi connectivity index (χ3v) is 3.38. The summed E-state index contributed by atoms with van der Waals surface area (Å²) in [7, 11) is 1.24. The Balaban J connectivity index is 2.30. The first-order valence-electron chi connectivity index (χ1n) is 4.59. The highest BCUT2D eigenvalue weighted by atomic mass is 35.5. The molecular weight excluding hydrogens is 264 g/mol. The van der Waals surface area contributed by atoms with Gasteiger partial charge in [0, 0.05) is 0 Å². The topological polar surface area (TPSA) is 56.5 Å². The molecule has 2 rings (SSSR count). The number of carbonyl (C=O) groups excluding carboxylic acids is 2. The Morgan fingerprint density at radius 2 is 2.00 bits per heavy atom. The second kappa shape index (κ2) is 4.73. The molecule has 2 aromatic heterocycles. The lowest BCUT2D eigenvalue weighted by Crippen LogP contribution is -2.00. The van der Waals surface area contributed by atoms with Gasteiger partial charge in [0.25, 0.3) is 0 Å².